The Morgan fingerprint density at radius 2 is 2.05 bits per heavy atom. The Morgan fingerprint density at radius 3 is 2.82 bits per heavy atom. The maximum Gasteiger partial charge on any atom is 0.262 e. The summed E-state index contributed by atoms with van der Waals surface area (Å²) in [5.74, 6) is -0.328. The monoisotopic (exact) mass is 295 g/mol. The second-order valence-corrected chi connectivity index (χ2v) is 5.59. The number of aromatic nitrogens is 2. The number of anilines is 1. The van der Waals surface area contributed by atoms with E-state index < -0.39 is 0 Å². The maximum absolute atomic E-state index is 13.2. The first-order valence-corrected chi connectivity index (χ1v) is 7.20. The molecule has 1 aliphatic rings. The first kappa shape index (κ1) is 13.0. The van der Waals surface area contributed by atoms with Crippen LogP contribution >= 0.6 is 0 Å². The molecule has 3 heterocycles. The number of nitrogens with one attached hydrogen (secondary N) is 1. The zero-order valence-electron chi connectivity index (χ0n) is 12.0. The van der Waals surface area contributed by atoms with E-state index in [-0.39, 0.29) is 17.4 Å². The van der Waals surface area contributed by atoms with Gasteiger partial charge < -0.3 is 5.32 Å². The van der Waals surface area contributed by atoms with E-state index in [1.165, 1.54) is 12.1 Å². The van der Waals surface area contributed by atoms with E-state index in [0.29, 0.717) is 17.8 Å². The quantitative estimate of drug-likeness (QED) is 0.751. The molecule has 1 N–H and O–H groups in total. The fourth-order valence-corrected chi connectivity index (χ4v) is 3.06. The highest BCUT2D eigenvalue weighted by Crippen LogP contribution is 2.31. The Balaban J connectivity index is 2.11. The minimum absolute atomic E-state index is 0.0929. The Morgan fingerprint density at radius 1 is 1.27 bits per heavy atom. The van der Waals surface area contributed by atoms with Crippen LogP contribution in [0, 0.1) is 5.82 Å². The molecule has 5 heteroatoms. The average Bonchev–Trinajstić information content (AvgIpc) is 2.92. The zero-order valence-corrected chi connectivity index (χ0v) is 12.0. The highest BCUT2D eigenvalue weighted by atomic mass is 19.1. The molecule has 0 saturated heterocycles. The summed E-state index contributed by atoms with van der Waals surface area (Å²) in [4.78, 5) is 17.3. The van der Waals surface area contributed by atoms with E-state index >= 15 is 0 Å². The number of benzene rings is 1. The topological polar surface area (TPSA) is 46.9 Å². The molecule has 3 aromatic rings. The van der Waals surface area contributed by atoms with Gasteiger partial charge in [0.05, 0.1) is 11.4 Å². The van der Waals surface area contributed by atoms with Crippen molar-refractivity contribution >= 4 is 16.7 Å². The van der Waals surface area contributed by atoms with Gasteiger partial charge in [-0.15, -0.1) is 0 Å². The summed E-state index contributed by atoms with van der Waals surface area (Å²) in [7, 11) is 0. The van der Waals surface area contributed by atoms with E-state index in [1.807, 2.05) is 19.1 Å². The number of rotatable bonds is 1. The first-order chi connectivity index (χ1) is 10.6. The largest absolute Gasteiger partial charge is 0.381 e. The van der Waals surface area contributed by atoms with Gasteiger partial charge in [-0.1, -0.05) is 0 Å². The van der Waals surface area contributed by atoms with E-state index in [1.54, 1.807) is 22.9 Å². The molecule has 0 spiro atoms. The van der Waals surface area contributed by atoms with Gasteiger partial charge in [0.15, 0.2) is 0 Å². The lowest BCUT2D eigenvalue weighted by Gasteiger charge is -2.13. The summed E-state index contributed by atoms with van der Waals surface area (Å²) in [5.41, 5.74) is 2.75. The highest BCUT2D eigenvalue weighted by molar-refractivity contribution is 5.93. The van der Waals surface area contributed by atoms with Crippen molar-refractivity contribution in [1.29, 1.82) is 0 Å². The number of hydrogen-bond acceptors (Lipinski definition) is 3. The van der Waals surface area contributed by atoms with Gasteiger partial charge in [0.1, 0.15) is 11.5 Å². The Kier molecular flexibility index (Phi) is 2.76. The highest BCUT2D eigenvalue weighted by Gasteiger charge is 2.25. The predicted molar refractivity (Wildman–Crippen MR) is 84.1 cm³/mol. The molecular weight excluding hydrogens is 281 g/mol. The van der Waals surface area contributed by atoms with Gasteiger partial charge in [-0.25, -0.2) is 9.37 Å². The van der Waals surface area contributed by atoms with Crippen molar-refractivity contribution in [2.45, 2.75) is 19.4 Å². The molecule has 0 amide bonds. The molecule has 4 nitrogen and oxygen atoms in total. The Labute approximate surface area is 126 Å². The smallest absolute Gasteiger partial charge is 0.262 e. The van der Waals surface area contributed by atoms with Crippen LogP contribution in [0.25, 0.3) is 16.7 Å². The average molecular weight is 295 g/mol. The summed E-state index contributed by atoms with van der Waals surface area (Å²) in [6, 6.07) is 9.93. The van der Waals surface area contributed by atoms with E-state index in [2.05, 4.69) is 10.3 Å². The summed E-state index contributed by atoms with van der Waals surface area (Å²) >= 11 is 0. The first-order valence-electron chi connectivity index (χ1n) is 7.20. The fourth-order valence-electron chi connectivity index (χ4n) is 3.06. The molecule has 1 atom stereocenters. The molecule has 1 unspecified atom stereocenters. The van der Waals surface area contributed by atoms with Crippen molar-refractivity contribution in [3.8, 4) is 5.69 Å². The van der Waals surface area contributed by atoms with Crippen molar-refractivity contribution in [1.82, 2.24) is 9.55 Å². The van der Waals surface area contributed by atoms with Crippen LogP contribution in [0.5, 0.6) is 0 Å². The van der Waals surface area contributed by atoms with Crippen LogP contribution < -0.4 is 10.9 Å². The summed E-state index contributed by atoms with van der Waals surface area (Å²) in [6.07, 6.45) is 2.34. The minimum atomic E-state index is -0.328. The van der Waals surface area contributed by atoms with Crippen LogP contribution in [0.4, 0.5) is 10.1 Å². The van der Waals surface area contributed by atoms with Crippen LogP contribution in [0.3, 0.4) is 0 Å². The fraction of sp³-hybridized carbons (Fsp3) is 0.176. The summed E-state index contributed by atoms with van der Waals surface area (Å²) < 4.78 is 14.7. The van der Waals surface area contributed by atoms with Gasteiger partial charge in [-0.2, -0.15) is 0 Å². The van der Waals surface area contributed by atoms with Gasteiger partial charge in [-0.3, -0.25) is 9.36 Å². The lowest BCUT2D eigenvalue weighted by atomic mass is 10.1. The normalized spacial score (nSPS) is 16.5. The molecule has 1 aliphatic heterocycles. The van der Waals surface area contributed by atoms with Crippen LogP contribution in [0.1, 0.15) is 12.5 Å². The third-order valence-corrected chi connectivity index (χ3v) is 4.02. The van der Waals surface area contributed by atoms with Gasteiger partial charge in [0.2, 0.25) is 0 Å². The standard InChI is InChI=1S/C17H14FN3O/c1-10-9-14-15(20-10)13-3-2-8-19-16(13)21(17(14)22)12-6-4-11(18)5-7-12/h2-8,10,20H,9H2,1H3. The molecule has 4 rings (SSSR count). The summed E-state index contributed by atoms with van der Waals surface area (Å²) in [6.45, 7) is 2.05. The van der Waals surface area contributed by atoms with Gasteiger partial charge in [0.25, 0.3) is 5.56 Å². The van der Waals surface area contributed by atoms with Crippen molar-refractivity contribution in [3.63, 3.8) is 0 Å². The second kappa shape index (κ2) is 4.66. The van der Waals surface area contributed by atoms with E-state index in [9.17, 15) is 9.18 Å². The van der Waals surface area contributed by atoms with Gasteiger partial charge >= 0.3 is 0 Å². The molecule has 0 fully saturated rings. The van der Waals surface area contributed by atoms with Gasteiger partial charge in [0, 0.05) is 23.2 Å². The molecule has 110 valence electrons. The van der Waals surface area contributed by atoms with E-state index in [0.717, 1.165) is 16.6 Å². The van der Waals surface area contributed by atoms with Crippen molar-refractivity contribution in [3.05, 3.63) is 64.3 Å². The van der Waals surface area contributed by atoms with Crippen molar-refractivity contribution < 1.29 is 4.39 Å². The van der Waals surface area contributed by atoms with Crippen molar-refractivity contribution in [2.75, 3.05) is 5.32 Å². The second-order valence-electron chi connectivity index (χ2n) is 5.59. The number of halogens is 1. The third kappa shape index (κ3) is 1.82. The molecular formula is C17H14FN3O. The lowest BCUT2D eigenvalue weighted by Crippen LogP contribution is -2.23. The SMILES string of the molecule is CC1Cc2c(c3cccnc3n(-c3ccc(F)cc3)c2=O)N1. The molecule has 0 bridgehead atoms. The number of hydrogen-bond donors (Lipinski definition) is 1. The number of nitrogens with zero attached hydrogens (tertiary/aromatic N) is 2. The van der Waals surface area contributed by atoms with Crippen LogP contribution in [0.15, 0.2) is 47.4 Å². The van der Waals surface area contributed by atoms with E-state index in [4.69, 9.17) is 0 Å². The van der Waals surface area contributed by atoms with Gasteiger partial charge in [-0.05, 0) is 49.7 Å². The zero-order chi connectivity index (χ0) is 15.3. The maximum atomic E-state index is 13.2. The van der Waals surface area contributed by atoms with Crippen LogP contribution in [-0.4, -0.2) is 15.6 Å². The molecule has 0 aliphatic carbocycles. The Hall–Kier alpha value is -2.69. The third-order valence-electron chi connectivity index (χ3n) is 4.02. The van der Waals surface area contributed by atoms with Crippen LogP contribution in [0.2, 0.25) is 0 Å². The summed E-state index contributed by atoms with van der Waals surface area (Å²) in [5, 5.41) is 4.26. The number of fused-ring (bicyclic) bond motifs is 3. The molecule has 0 saturated carbocycles. The molecule has 1 aromatic carbocycles. The minimum Gasteiger partial charge on any atom is -0.381 e. The van der Waals surface area contributed by atoms with Crippen molar-refractivity contribution in [2.24, 2.45) is 0 Å². The predicted octanol–water partition coefficient (Wildman–Crippen LogP) is 2.88. The Bertz CT molecular complexity index is 931. The number of pyridine rings is 2. The molecule has 0 radical (unpaired) electrons. The van der Waals surface area contributed by atoms with Crippen LogP contribution in [-0.2, 0) is 6.42 Å². The lowest BCUT2D eigenvalue weighted by molar-refractivity contribution is 0.627. The molecule has 2 aromatic heterocycles. The molecule has 22 heavy (non-hydrogen) atoms.